The van der Waals surface area contributed by atoms with Gasteiger partial charge < -0.3 is 19.9 Å². The Morgan fingerprint density at radius 3 is 2.80 bits per heavy atom. The van der Waals surface area contributed by atoms with E-state index in [9.17, 15) is 14.0 Å². The first kappa shape index (κ1) is 24.8. The van der Waals surface area contributed by atoms with E-state index in [-0.39, 0.29) is 37.5 Å². The number of fused-ring (bicyclic) bond motifs is 1. The second kappa shape index (κ2) is 11.4. The third-order valence-electron chi connectivity index (χ3n) is 5.68. The molecule has 0 unspecified atom stereocenters. The summed E-state index contributed by atoms with van der Waals surface area (Å²) in [5, 5.41) is 5.28. The van der Waals surface area contributed by atoms with Crippen molar-refractivity contribution in [1.29, 1.82) is 0 Å². The molecule has 0 radical (unpaired) electrons. The van der Waals surface area contributed by atoms with E-state index < -0.39 is 6.03 Å². The van der Waals surface area contributed by atoms with Crippen LogP contribution in [0.5, 0.6) is 5.75 Å². The average molecular weight is 514 g/mol. The van der Waals surface area contributed by atoms with Crippen molar-refractivity contribution >= 4 is 40.6 Å². The van der Waals surface area contributed by atoms with Gasteiger partial charge in [0, 0.05) is 28.7 Å². The Labute approximate surface area is 212 Å². The maximum absolute atomic E-state index is 13.4. The molecular formula is C26H25ClFN3O3S. The number of benzene rings is 2. The van der Waals surface area contributed by atoms with Crippen molar-refractivity contribution in [2.45, 2.75) is 12.5 Å². The van der Waals surface area contributed by atoms with Crippen molar-refractivity contribution in [3.63, 3.8) is 0 Å². The Morgan fingerprint density at radius 1 is 1.26 bits per heavy atom. The van der Waals surface area contributed by atoms with Crippen LogP contribution in [0.1, 0.15) is 16.5 Å². The zero-order chi connectivity index (χ0) is 24.8. The van der Waals surface area contributed by atoms with Crippen LogP contribution in [0.2, 0.25) is 5.02 Å². The molecule has 6 nitrogen and oxygen atoms in total. The molecule has 1 aromatic heterocycles. The summed E-state index contributed by atoms with van der Waals surface area (Å²) in [5.41, 5.74) is 1.57. The number of ether oxygens (including phenoxy) is 1. The summed E-state index contributed by atoms with van der Waals surface area (Å²) in [6.45, 7) is 4.53. The topological polar surface area (TPSA) is 61.9 Å². The van der Waals surface area contributed by atoms with Crippen LogP contribution in [0.25, 0.3) is 0 Å². The minimum Gasteiger partial charge on any atom is -0.491 e. The molecule has 182 valence electrons. The first-order valence-corrected chi connectivity index (χ1v) is 12.4. The maximum atomic E-state index is 13.4. The second-order valence-corrected chi connectivity index (χ2v) is 9.46. The number of urea groups is 1. The second-order valence-electron chi connectivity index (χ2n) is 8.03. The van der Waals surface area contributed by atoms with E-state index in [1.54, 1.807) is 58.7 Å². The van der Waals surface area contributed by atoms with E-state index in [2.05, 4.69) is 11.9 Å². The number of carbonyl (C=O) groups is 2. The molecule has 0 bridgehead atoms. The van der Waals surface area contributed by atoms with E-state index in [1.807, 2.05) is 11.4 Å². The highest BCUT2D eigenvalue weighted by molar-refractivity contribution is 7.10. The van der Waals surface area contributed by atoms with Gasteiger partial charge in [-0.3, -0.25) is 4.79 Å². The van der Waals surface area contributed by atoms with E-state index in [0.717, 1.165) is 12.0 Å². The molecule has 1 atom stereocenters. The van der Waals surface area contributed by atoms with Crippen molar-refractivity contribution < 1.29 is 18.7 Å². The van der Waals surface area contributed by atoms with Gasteiger partial charge in [-0.1, -0.05) is 23.7 Å². The van der Waals surface area contributed by atoms with E-state index in [1.165, 1.54) is 21.9 Å². The smallest absolute Gasteiger partial charge is 0.322 e. The van der Waals surface area contributed by atoms with Crippen molar-refractivity contribution in [2.24, 2.45) is 0 Å². The summed E-state index contributed by atoms with van der Waals surface area (Å²) in [5.74, 6) is -0.0155. The monoisotopic (exact) mass is 513 g/mol. The van der Waals surface area contributed by atoms with Crippen LogP contribution in [-0.2, 0) is 11.2 Å². The summed E-state index contributed by atoms with van der Waals surface area (Å²) in [7, 11) is 0. The predicted octanol–water partition coefficient (Wildman–Crippen LogP) is 5.77. The lowest BCUT2D eigenvalue weighted by molar-refractivity contribution is -0.135. The quantitative estimate of drug-likeness (QED) is 0.389. The Kier molecular flexibility index (Phi) is 8.05. The standard InChI is InChI=1S/C26H25ClFN3O3S/c1-2-12-30(26(33)29-20-5-3-4-18(27)15-20)16-25(32)31-13-10-24-22(11-14-35-24)23(31)17-34-21-8-6-19(28)7-9-21/h2-9,11,14-15,23H,1,10,12-13,16-17H2,(H,29,33)/t23-/m1/s1. The summed E-state index contributed by atoms with van der Waals surface area (Å²) < 4.78 is 19.2. The molecule has 4 rings (SSSR count). The van der Waals surface area contributed by atoms with Crippen LogP contribution in [0.3, 0.4) is 0 Å². The number of anilines is 1. The Hall–Kier alpha value is -3.36. The molecule has 0 saturated carbocycles. The number of rotatable bonds is 8. The number of carbonyl (C=O) groups excluding carboxylic acids is 2. The summed E-state index contributed by atoms with van der Waals surface area (Å²) >= 11 is 7.67. The molecule has 1 aliphatic rings. The number of thiophene rings is 1. The maximum Gasteiger partial charge on any atom is 0.322 e. The molecule has 0 spiro atoms. The van der Waals surface area contributed by atoms with Gasteiger partial charge >= 0.3 is 6.03 Å². The fraction of sp³-hybridized carbons (Fsp3) is 0.231. The third kappa shape index (κ3) is 6.21. The lowest BCUT2D eigenvalue weighted by atomic mass is 10.0. The predicted molar refractivity (Wildman–Crippen MR) is 137 cm³/mol. The minimum atomic E-state index is -0.423. The fourth-order valence-electron chi connectivity index (χ4n) is 3.98. The first-order valence-electron chi connectivity index (χ1n) is 11.1. The highest BCUT2D eigenvalue weighted by Crippen LogP contribution is 2.34. The van der Waals surface area contributed by atoms with Crippen molar-refractivity contribution in [3.8, 4) is 5.75 Å². The molecule has 0 aliphatic carbocycles. The molecule has 0 fully saturated rings. The van der Waals surface area contributed by atoms with E-state index >= 15 is 0 Å². The molecule has 3 amide bonds. The largest absolute Gasteiger partial charge is 0.491 e. The van der Waals surface area contributed by atoms with Gasteiger partial charge in [0.1, 0.15) is 24.7 Å². The lowest BCUT2D eigenvalue weighted by Gasteiger charge is -2.37. The third-order valence-corrected chi connectivity index (χ3v) is 6.91. The Balaban J connectivity index is 1.48. The molecule has 2 heterocycles. The van der Waals surface area contributed by atoms with Gasteiger partial charge in [-0.15, -0.1) is 17.9 Å². The van der Waals surface area contributed by atoms with Crippen molar-refractivity contribution in [2.75, 3.05) is 31.6 Å². The van der Waals surface area contributed by atoms with Gasteiger partial charge in [0.25, 0.3) is 0 Å². The number of halogens is 2. The zero-order valence-electron chi connectivity index (χ0n) is 19.0. The fourth-order valence-corrected chi connectivity index (χ4v) is 5.10. The van der Waals surface area contributed by atoms with Crippen LogP contribution in [0, 0.1) is 5.82 Å². The van der Waals surface area contributed by atoms with Crippen molar-refractivity contribution in [3.05, 3.63) is 93.9 Å². The van der Waals surface area contributed by atoms with E-state index in [0.29, 0.717) is 23.0 Å². The van der Waals surface area contributed by atoms with Crippen LogP contribution in [-0.4, -0.2) is 48.0 Å². The number of nitrogens with one attached hydrogen (secondary N) is 1. The highest BCUT2D eigenvalue weighted by Gasteiger charge is 2.33. The molecule has 35 heavy (non-hydrogen) atoms. The number of hydrogen-bond acceptors (Lipinski definition) is 4. The van der Waals surface area contributed by atoms with Crippen LogP contribution in [0.15, 0.2) is 72.6 Å². The van der Waals surface area contributed by atoms with Gasteiger partial charge in [-0.05, 0) is 65.9 Å². The SMILES string of the molecule is C=CCN(CC(=O)N1CCc2sccc2[C@H]1COc1ccc(F)cc1)C(=O)Nc1cccc(Cl)c1. The highest BCUT2D eigenvalue weighted by atomic mass is 35.5. The van der Waals surface area contributed by atoms with Crippen molar-refractivity contribution in [1.82, 2.24) is 9.80 Å². The van der Waals surface area contributed by atoms with Gasteiger partial charge in [0.2, 0.25) is 5.91 Å². The molecule has 2 aromatic carbocycles. The Morgan fingerprint density at radius 2 is 2.06 bits per heavy atom. The van der Waals surface area contributed by atoms with Crippen LogP contribution >= 0.6 is 22.9 Å². The summed E-state index contributed by atoms with van der Waals surface area (Å²) in [6, 6.07) is 13.9. The summed E-state index contributed by atoms with van der Waals surface area (Å²) in [6.07, 6.45) is 2.31. The normalized spacial score (nSPS) is 14.7. The summed E-state index contributed by atoms with van der Waals surface area (Å²) in [4.78, 5) is 30.7. The zero-order valence-corrected chi connectivity index (χ0v) is 20.5. The molecule has 0 saturated heterocycles. The average Bonchev–Trinajstić information content (AvgIpc) is 3.32. The minimum absolute atomic E-state index is 0.120. The van der Waals surface area contributed by atoms with Gasteiger partial charge in [-0.25, -0.2) is 9.18 Å². The molecular weight excluding hydrogens is 489 g/mol. The molecule has 9 heteroatoms. The molecule has 1 N–H and O–H groups in total. The van der Waals surface area contributed by atoms with Crippen LogP contribution < -0.4 is 10.1 Å². The van der Waals surface area contributed by atoms with Gasteiger partial charge in [0.05, 0.1) is 6.04 Å². The first-order chi connectivity index (χ1) is 16.9. The number of nitrogens with zero attached hydrogens (tertiary/aromatic N) is 2. The lowest BCUT2D eigenvalue weighted by Crippen LogP contribution is -2.48. The Bertz CT molecular complexity index is 1200. The van der Waals surface area contributed by atoms with Gasteiger partial charge in [0.15, 0.2) is 0 Å². The number of amides is 3. The molecule has 1 aliphatic heterocycles. The van der Waals surface area contributed by atoms with Gasteiger partial charge in [-0.2, -0.15) is 0 Å². The van der Waals surface area contributed by atoms with Crippen LogP contribution in [0.4, 0.5) is 14.9 Å². The molecule has 3 aromatic rings. The number of hydrogen-bond donors (Lipinski definition) is 1. The van der Waals surface area contributed by atoms with E-state index in [4.69, 9.17) is 16.3 Å².